The molecular formula is C4H11Cl2NO4S. The Morgan fingerprint density at radius 2 is 1.83 bits per heavy atom. The van der Waals surface area contributed by atoms with Crippen molar-refractivity contribution in [1.29, 1.82) is 0 Å². The van der Waals surface area contributed by atoms with Crippen LogP contribution in [0.25, 0.3) is 0 Å². The largest absolute Gasteiger partial charge is 0.465 e. The first-order valence-corrected chi connectivity index (χ1v) is 4.33. The van der Waals surface area contributed by atoms with E-state index in [1.807, 2.05) is 0 Å². The van der Waals surface area contributed by atoms with Crippen LogP contribution in [0.2, 0.25) is 0 Å². The molecule has 2 N–H and O–H groups in total. The van der Waals surface area contributed by atoms with Crippen LogP contribution in [0.1, 0.15) is 6.92 Å². The Balaban J connectivity index is -0.000000405. The van der Waals surface area contributed by atoms with Crippen molar-refractivity contribution in [1.82, 2.24) is 0 Å². The van der Waals surface area contributed by atoms with Crippen molar-refractivity contribution in [3.63, 3.8) is 0 Å². The Labute approximate surface area is 83.5 Å². The van der Waals surface area contributed by atoms with Gasteiger partial charge in [0.1, 0.15) is 0 Å². The van der Waals surface area contributed by atoms with Crippen molar-refractivity contribution in [2.45, 2.75) is 6.92 Å². The van der Waals surface area contributed by atoms with Gasteiger partial charge in [-0.05, 0) is 6.92 Å². The van der Waals surface area contributed by atoms with Gasteiger partial charge < -0.3 is 4.74 Å². The number of carbonyl (C=O) groups is 1. The van der Waals surface area contributed by atoms with Crippen LogP contribution in [0.4, 0.5) is 0 Å². The zero-order chi connectivity index (χ0) is 8.20. The molecule has 0 aliphatic heterocycles. The number of sulfonamides is 1. The number of esters is 1. The van der Waals surface area contributed by atoms with Gasteiger partial charge in [0.25, 0.3) is 0 Å². The summed E-state index contributed by atoms with van der Waals surface area (Å²) in [6.07, 6.45) is 0. The number of halogens is 2. The minimum Gasteiger partial charge on any atom is -0.465 e. The summed E-state index contributed by atoms with van der Waals surface area (Å²) in [7, 11) is -3.72. The zero-order valence-electron chi connectivity index (χ0n) is 6.35. The van der Waals surface area contributed by atoms with Gasteiger partial charge in [0.15, 0.2) is 5.75 Å². The van der Waals surface area contributed by atoms with E-state index in [-0.39, 0.29) is 31.4 Å². The third-order valence-electron chi connectivity index (χ3n) is 0.624. The minimum absolute atomic E-state index is 0. The number of hydrogen-bond acceptors (Lipinski definition) is 4. The van der Waals surface area contributed by atoms with Crippen LogP contribution in [-0.2, 0) is 19.6 Å². The Morgan fingerprint density at radius 3 is 2.08 bits per heavy atom. The maximum absolute atomic E-state index is 10.4. The van der Waals surface area contributed by atoms with Gasteiger partial charge in [0, 0.05) is 0 Å². The molecule has 0 aromatic carbocycles. The van der Waals surface area contributed by atoms with Crippen molar-refractivity contribution < 1.29 is 17.9 Å². The number of nitrogens with two attached hydrogens (primary N) is 1. The molecule has 0 bridgehead atoms. The van der Waals surface area contributed by atoms with Crippen molar-refractivity contribution in [3.05, 3.63) is 0 Å². The molecule has 0 aliphatic rings. The molecule has 0 aliphatic carbocycles. The molecule has 0 aromatic heterocycles. The van der Waals surface area contributed by atoms with Gasteiger partial charge in [-0.2, -0.15) is 0 Å². The van der Waals surface area contributed by atoms with E-state index in [1.54, 1.807) is 6.92 Å². The quantitative estimate of drug-likeness (QED) is 0.685. The SMILES string of the molecule is CCOC(=O)CS(N)(=O)=O.Cl.Cl. The van der Waals surface area contributed by atoms with Gasteiger partial charge in [-0.1, -0.05) is 0 Å². The van der Waals surface area contributed by atoms with Crippen LogP contribution in [0.15, 0.2) is 0 Å². The predicted octanol–water partition coefficient (Wildman–Crippen LogP) is -0.318. The zero-order valence-corrected chi connectivity index (χ0v) is 8.80. The maximum atomic E-state index is 10.4. The molecule has 0 saturated carbocycles. The normalized spacial score (nSPS) is 9.17. The first-order valence-electron chi connectivity index (χ1n) is 2.62. The van der Waals surface area contributed by atoms with E-state index >= 15 is 0 Å². The van der Waals surface area contributed by atoms with Crippen LogP contribution >= 0.6 is 24.8 Å². The molecule has 0 radical (unpaired) electrons. The van der Waals surface area contributed by atoms with E-state index in [0.29, 0.717) is 0 Å². The fraction of sp³-hybridized carbons (Fsp3) is 0.750. The fourth-order valence-corrected chi connectivity index (χ4v) is 0.779. The first kappa shape index (κ1) is 17.9. The smallest absolute Gasteiger partial charge is 0.322 e. The molecule has 0 amide bonds. The van der Waals surface area contributed by atoms with Gasteiger partial charge in [-0.15, -0.1) is 24.8 Å². The Hall–Kier alpha value is -0.0400. The average Bonchev–Trinajstić information content (AvgIpc) is 1.59. The summed E-state index contributed by atoms with van der Waals surface area (Å²) in [5.41, 5.74) is 0. The predicted molar refractivity (Wildman–Crippen MR) is 49.1 cm³/mol. The molecule has 12 heavy (non-hydrogen) atoms. The second kappa shape index (κ2) is 7.60. The highest BCUT2D eigenvalue weighted by atomic mass is 35.5. The molecule has 5 nitrogen and oxygen atoms in total. The van der Waals surface area contributed by atoms with E-state index in [9.17, 15) is 13.2 Å². The maximum Gasteiger partial charge on any atom is 0.322 e. The summed E-state index contributed by atoms with van der Waals surface area (Å²) < 4.78 is 24.7. The summed E-state index contributed by atoms with van der Waals surface area (Å²) in [4.78, 5) is 10.4. The molecule has 0 saturated heterocycles. The second-order valence-electron chi connectivity index (χ2n) is 1.61. The molecule has 0 rings (SSSR count). The summed E-state index contributed by atoms with van der Waals surface area (Å²) >= 11 is 0. The lowest BCUT2D eigenvalue weighted by Crippen LogP contribution is -2.24. The lowest BCUT2D eigenvalue weighted by Gasteiger charge is -1.97. The molecule has 0 fully saturated rings. The van der Waals surface area contributed by atoms with E-state index in [4.69, 9.17) is 0 Å². The van der Waals surface area contributed by atoms with Gasteiger partial charge in [0.05, 0.1) is 6.61 Å². The first-order chi connectivity index (χ1) is 4.45. The van der Waals surface area contributed by atoms with Crippen molar-refractivity contribution >= 4 is 40.8 Å². The molecule has 0 unspecified atom stereocenters. The Kier molecular flexibility index (Phi) is 11.3. The number of primary sulfonamides is 1. The van der Waals surface area contributed by atoms with Gasteiger partial charge in [-0.3, -0.25) is 4.79 Å². The van der Waals surface area contributed by atoms with Crippen LogP contribution in [0.3, 0.4) is 0 Å². The minimum atomic E-state index is -3.72. The highest BCUT2D eigenvalue weighted by molar-refractivity contribution is 7.89. The molecule has 0 heterocycles. The topological polar surface area (TPSA) is 86.5 Å². The number of hydrogen-bond donors (Lipinski definition) is 1. The second-order valence-corrected chi connectivity index (χ2v) is 3.23. The van der Waals surface area contributed by atoms with E-state index in [1.165, 1.54) is 0 Å². The molecule has 8 heteroatoms. The average molecular weight is 240 g/mol. The van der Waals surface area contributed by atoms with Crippen LogP contribution in [0, 0.1) is 0 Å². The summed E-state index contributed by atoms with van der Waals surface area (Å²) in [6, 6.07) is 0. The molecule has 0 aromatic rings. The van der Waals surface area contributed by atoms with E-state index < -0.39 is 21.7 Å². The van der Waals surface area contributed by atoms with Crippen molar-refractivity contribution in [2.75, 3.05) is 12.4 Å². The molecular weight excluding hydrogens is 229 g/mol. The third-order valence-corrected chi connectivity index (χ3v) is 1.26. The van der Waals surface area contributed by atoms with Crippen LogP contribution in [-0.4, -0.2) is 26.7 Å². The standard InChI is InChI=1S/C4H9NO4S.2ClH/c1-2-9-4(6)3-10(5,7)8;;/h2-3H2,1H3,(H2,5,7,8);2*1H. The van der Waals surface area contributed by atoms with Gasteiger partial charge >= 0.3 is 5.97 Å². The molecule has 0 atom stereocenters. The fourth-order valence-electron chi connectivity index (χ4n) is 0.367. The van der Waals surface area contributed by atoms with E-state index in [2.05, 4.69) is 9.88 Å². The monoisotopic (exact) mass is 239 g/mol. The van der Waals surface area contributed by atoms with Crippen LogP contribution in [0.5, 0.6) is 0 Å². The Morgan fingerprint density at radius 1 is 1.42 bits per heavy atom. The number of ether oxygens (including phenoxy) is 1. The van der Waals surface area contributed by atoms with Crippen molar-refractivity contribution in [2.24, 2.45) is 5.14 Å². The number of rotatable bonds is 3. The summed E-state index contributed by atoms with van der Waals surface area (Å²) in [5, 5.41) is 4.54. The van der Waals surface area contributed by atoms with E-state index in [0.717, 1.165) is 0 Å². The highest BCUT2D eigenvalue weighted by Gasteiger charge is 2.10. The lowest BCUT2D eigenvalue weighted by atomic mass is 10.8. The molecule has 76 valence electrons. The number of carbonyl (C=O) groups excluding carboxylic acids is 1. The summed E-state index contributed by atoms with van der Waals surface area (Å²) in [6.45, 7) is 1.75. The Bertz CT molecular complexity index is 215. The highest BCUT2D eigenvalue weighted by Crippen LogP contribution is 1.82. The van der Waals surface area contributed by atoms with Crippen molar-refractivity contribution in [3.8, 4) is 0 Å². The van der Waals surface area contributed by atoms with Crippen LogP contribution < -0.4 is 5.14 Å². The van der Waals surface area contributed by atoms with Gasteiger partial charge in [0.2, 0.25) is 10.0 Å². The summed E-state index contributed by atoms with van der Waals surface area (Å²) in [5.74, 6) is -1.56. The molecule has 0 spiro atoms. The lowest BCUT2D eigenvalue weighted by molar-refractivity contribution is -0.139. The van der Waals surface area contributed by atoms with Gasteiger partial charge in [-0.25, -0.2) is 13.6 Å². The third kappa shape index (κ3) is 12.6.